The van der Waals surface area contributed by atoms with Gasteiger partial charge in [0.1, 0.15) is 26.1 Å². The van der Waals surface area contributed by atoms with Gasteiger partial charge in [0.15, 0.2) is 5.76 Å². The van der Waals surface area contributed by atoms with E-state index in [9.17, 15) is 9.59 Å². The van der Waals surface area contributed by atoms with Gasteiger partial charge in [0.05, 0.1) is 13.2 Å². The molecule has 0 aliphatic carbocycles. The normalized spacial score (nSPS) is 19.1. The van der Waals surface area contributed by atoms with Gasteiger partial charge in [-0.3, -0.25) is 0 Å². The molecule has 1 atom stereocenters. The van der Waals surface area contributed by atoms with E-state index >= 15 is 0 Å². The monoisotopic (exact) mass is 260 g/mol. The third-order valence-electron chi connectivity index (χ3n) is 2.02. The Morgan fingerprint density at radius 2 is 2.11 bits per heavy atom. The Bertz CT molecular complexity index is 433. The Balaban J connectivity index is 1.49. The van der Waals surface area contributed by atoms with Gasteiger partial charge in [0.2, 0.25) is 6.29 Å². The van der Waals surface area contributed by atoms with Crippen molar-refractivity contribution < 1.29 is 32.6 Å². The SMILES string of the molecule is O=C1COC(COCCOCc2coc(=O)o2)O1. The number of cyclic esters (lactones) is 1. The van der Waals surface area contributed by atoms with E-state index in [-0.39, 0.29) is 19.8 Å². The Morgan fingerprint density at radius 1 is 1.28 bits per heavy atom. The van der Waals surface area contributed by atoms with Crippen LogP contribution in [0.15, 0.2) is 19.9 Å². The van der Waals surface area contributed by atoms with Crippen molar-refractivity contribution in [1.82, 2.24) is 0 Å². The van der Waals surface area contributed by atoms with Crippen molar-refractivity contribution in [2.24, 2.45) is 0 Å². The van der Waals surface area contributed by atoms with Gasteiger partial charge in [-0.15, -0.1) is 0 Å². The molecular weight excluding hydrogens is 248 g/mol. The van der Waals surface area contributed by atoms with Gasteiger partial charge in [-0.1, -0.05) is 0 Å². The molecule has 1 aromatic heterocycles. The molecule has 8 heteroatoms. The lowest BCUT2D eigenvalue weighted by atomic mass is 10.6. The molecule has 2 rings (SSSR count). The number of esters is 1. The molecule has 1 aliphatic rings. The first-order valence-electron chi connectivity index (χ1n) is 5.28. The maximum atomic E-state index is 10.7. The van der Waals surface area contributed by atoms with Crippen LogP contribution < -0.4 is 5.82 Å². The number of rotatable bonds is 7. The Hall–Kier alpha value is -1.64. The van der Waals surface area contributed by atoms with Crippen molar-refractivity contribution in [3.05, 3.63) is 22.6 Å². The number of hydrogen-bond donors (Lipinski definition) is 0. The fourth-order valence-corrected chi connectivity index (χ4v) is 1.26. The van der Waals surface area contributed by atoms with Gasteiger partial charge in [-0.2, -0.15) is 0 Å². The lowest BCUT2D eigenvalue weighted by Gasteiger charge is -2.08. The molecule has 1 fully saturated rings. The fraction of sp³-hybridized carbons (Fsp3) is 0.600. The summed E-state index contributed by atoms with van der Waals surface area (Å²) in [5, 5.41) is 0. The van der Waals surface area contributed by atoms with Gasteiger partial charge in [0.25, 0.3) is 0 Å². The van der Waals surface area contributed by atoms with Crippen LogP contribution in [0.3, 0.4) is 0 Å². The molecule has 0 bridgehead atoms. The van der Waals surface area contributed by atoms with E-state index in [4.69, 9.17) is 18.9 Å². The summed E-state index contributed by atoms with van der Waals surface area (Å²) < 4.78 is 29.1. The van der Waals surface area contributed by atoms with Crippen LogP contribution in [-0.4, -0.2) is 38.7 Å². The molecule has 8 nitrogen and oxygen atoms in total. The van der Waals surface area contributed by atoms with E-state index in [1.807, 2.05) is 0 Å². The van der Waals surface area contributed by atoms with Crippen molar-refractivity contribution in [3.63, 3.8) is 0 Å². The first-order chi connectivity index (χ1) is 8.74. The van der Waals surface area contributed by atoms with Crippen LogP contribution in [0.2, 0.25) is 0 Å². The molecule has 0 saturated carbocycles. The van der Waals surface area contributed by atoms with Crippen molar-refractivity contribution in [3.8, 4) is 0 Å². The van der Waals surface area contributed by atoms with Crippen molar-refractivity contribution in [2.45, 2.75) is 12.9 Å². The number of hydrogen-bond acceptors (Lipinski definition) is 8. The van der Waals surface area contributed by atoms with E-state index < -0.39 is 18.1 Å². The van der Waals surface area contributed by atoms with Gasteiger partial charge >= 0.3 is 11.8 Å². The van der Waals surface area contributed by atoms with Gasteiger partial charge in [0, 0.05) is 0 Å². The zero-order valence-electron chi connectivity index (χ0n) is 9.46. The van der Waals surface area contributed by atoms with E-state index in [1.165, 1.54) is 6.26 Å². The lowest BCUT2D eigenvalue weighted by Crippen LogP contribution is -2.18. The highest BCUT2D eigenvalue weighted by molar-refractivity contribution is 5.72. The Kier molecular flexibility index (Phi) is 4.51. The quantitative estimate of drug-likeness (QED) is 0.485. The standard InChI is InChI=1S/C10H12O8/c11-8-5-15-9(18-8)6-14-2-1-13-3-7-4-16-10(12)17-7/h4,9H,1-3,5-6H2. The van der Waals surface area contributed by atoms with E-state index in [0.29, 0.717) is 19.0 Å². The molecule has 1 aromatic rings. The molecule has 0 spiro atoms. The molecule has 1 aliphatic heterocycles. The molecule has 0 radical (unpaired) electrons. The second-order valence-electron chi connectivity index (χ2n) is 3.41. The number of carbonyl (C=O) groups excluding carboxylic acids is 1. The van der Waals surface area contributed by atoms with Crippen molar-refractivity contribution in [1.29, 1.82) is 0 Å². The minimum absolute atomic E-state index is 0.0376. The summed E-state index contributed by atoms with van der Waals surface area (Å²) in [7, 11) is 0. The summed E-state index contributed by atoms with van der Waals surface area (Å²) >= 11 is 0. The zero-order valence-corrected chi connectivity index (χ0v) is 9.46. The van der Waals surface area contributed by atoms with Crippen LogP contribution >= 0.6 is 0 Å². The maximum Gasteiger partial charge on any atom is 0.518 e. The molecule has 1 saturated heterocycles. The highest BCUT2D eigenvalue weighted by Crippen LogP contribution is 2.05. The summed E-state index contributed by atoms with van der Waals surface area (Å²) in [6.07, 6.45) is 0.555. The molecule has 0 N–H and O–H groups in total. The Morgan fingerprint density at radius 3 is 2.78 bits per heavy atom. The highest BCUT2D eigenvalue weighted by atomic mass is 16.8. The van der Waals surface area contributed by atoms with E-state index in [1.54, 1.807) is 0 Å². The minimum atomic E-state index is -0.759. The molecule has 0 amide bonds. The second-order valence-corrected chi connectivity index (χ2v) is 3.41. The molecular formula is C10H12O8. The summed E-state index contributed by atoms with van der Waals surface area (Å²) in [6.45, 7) is 0.860. The smallest absolute Gasteiger partial charge is 0.431 e. The fourth-order valence-electron chi connectivity index (χ4n) is 1.26. The average Bonchev–Trinajstić information content (AvgIpc) is 2.93. The minimum Gasteiger partial charge on any atom is -0.431 e. The number of ether oxygens (including phenoxy) is 4. The lowest BCUT2D eigenvalue weighted by molar-refractivity contribution is -0.149. The second kappa shape index (κ2) is 6.34. The van der Waals surface area contributed by atoms with E-state index in [0.717, 1.165) is 0 Å². The first-order valence-corrected chi connectivity index (χ1v) is 5.28. The van der Waals surface area contributed by atoms with Crippen LogP contribution in [-0.2, 0) is 30.3 Å². The summed E-state index contributed by atoms with van der Waals surface area (Å²) in [5.41, 5.74) is 0. The topological polar surface area (TPSA) is 97.3 Å². The summed E-state index contributed by atoms with van der Waals surface area (Å²) in [6, 6.07) is 0. The molecule has 1 unspecified atom stereocenters. The summed E-state index contributed by atoms with van der Waals surface area (Å²) in [5.74, 6) is -0.840. The molecule has 2 heterocycles. The van der Waals surface area contributed by atoms with E-state index in [2.05, 4.69) is 8.83 Å². The van der Waals surface area contributed by atoms with Crippen LogP contribution in [0.25, 0.3) is 0 Å². The van der Waals surface area contributed by atoms with Crippen LogP contribution in [0.1, 0.15) is 5.76 Å². The van der Waals surface area contributed by atoms with Gasteiger partial charge in [-0.05, 0) is 0 Å². The third kappa shape index (κ3) is 3.99. The molecule has 100 valence electrons. The predicted octanol–water partition coefficient (Wildman–Crippen LogP) is -0.335. The van der Waals surface area contributed by atoms with Gasteiger partial charge in [-0.25, -0.2) is 9.59 Å². The molecule has 18 heavy (non-hydrogen) atoms. The Labute approximate surface area is 101 Å². The molecule has 0 aromatic carbocycles. The average molecular weight is 260 g/mol. The maximum absolute atomic E-state index is 10.7. The number of carbonyl (C=O) groups is 1. The van der Waals surface area contributed by atoms with Crippen molar-refractivity contribution in [2.75, 3.05) is 26.4 Å². The third-order valence-corrected chi connectivity index (χ3v) is 2.02. The largest absolute Gasteiger partial charge is 0.518 e. The van der Waals surface area contributed by atoms with Crippen LogP contribution in [0, 0.1) is 0 Å². The predicted molar refractivity (Wildman–Crippen MR) is 53.6 cm³/mol. The van der Waals surface area contributed by atoms with Crippen molar-refractivity contribution >= 4 is 5.97 Å². The zero-order chi connectivity index (χ0) is 12.8. The summed E-state index contributed by atoms with van der Waals surface area (Å²) in [4.78, 5) is 21.2. The highest BCUT2D eigenvalue weighted by Gasteiger charge is 2.23. The first kappa shape index (κ1) is 12.8. The van der Waals surface area contributed by atoms with Gasteiger partial charge < -0.3 is 27.8 Å². The van der Waals surface area contributed by atoms with Crippen LogP contribution in [0.4, 0.5) is 0 Å². The van der Waals surface area contributed by atoms with Crippen LogP contribution in [0.5, 0.6) is 0 Å².